The van der Waals surface area contributed by atoms with E-state index in [9.17, 15) is 13.2 Å². The van der Waals surface area contributed by atoms with Crippen LogP contribution < -0.4 is 5.32 Å². The van der Waals surface area contributed by atoms with E-state index in [2.05, 4.69) is 5.32 Å². The van der Waals surface area contributed by atoms with Crippen LogP contribution in [0.1, 0.15) is 30.6 Å². The van der Waals surface area contributed by atoms with Crippen LogP contribution in [-0.4, -0.2) is 62.5 Å². The molecule has 146 valence electrons. The summed E-state index contributed by atoms with van der Waals surface area (Å²) in [7, 11) is -3.61. The standard InChI is InChI=1S/C17H25ClN2O4S2/c1-13(2)24-9-3-6-19-17(21)15-12-14(4-5-16(15)18)26(22,23)20-7-10-25-11-8-20/h4-5,12-13H,3,6-11H2,1-2H3,(H,19,21). The number of sulfonamides is 1. The van der Waals surface area contributed by atoms with Crippen molar-refractivity contribution < 1.29 is 17.9 Å². The Labute approximate surface area is 164 Å². The van der Waals surface area contributed by atoms with Crippen LogP contribution >= 0.6 is 23.4 Å². The van der Waals surface area contributed by atoms with Crippen LogP contribution in [0.4, 0.5) is 0 Å². The van der Waals surface area contributed by atoms with Crippen molar-refractivity contribution in [1.82, 2.24) is 9.62 Å². The summed E-state index contributed by atoms with van der Waals surface area (Å²) in [6.45, 7) is 5.84. The Morgan fingerprint density at radius 2 is 2.04 bits per heavy atom. The monoisotopic (exact) mass is 420 g/mol. The van der Waals surface area contributed by atoms with E-state index in [0.717, 1.165) is 11.5 Å². The first-order chi connectivity index (χ1) is 12.3. The number of nitrogens with zero attached hydrogens (tertiary/aromatic N) is 1. The molecule has 6 nitrogen and oxygen atoms in total. The molecular weight excluding hydrogens is 396 g/mol. The minimum Gasteiger partial charge on any atom is -0.379 e. The molecule has 0 aromatic heterocycles. The van der Waals surface area contributed by atoms with Gasteiger partial charge in [0.1, 0.15) is 0 Å². The lowest BCUT2D eigenvalue weighted by atomic mass is 10.2. The molecular formula is C17H25ClN2O4S2. The molecule has 0 bridgehead atoms. The highest BCUT2D eigenvalue weighted by atomic mass is 35.5. The van der Waals surface area contributed by atoms with Gasteiger partial charge in [-0.05, 0) is 38.5 Å². The van der Waals surface area contributed by atoms with Gasteiger partial charge >= 0.3 is 0 Å². The van der Waals surface area contributed by atoms with Gasteiger partial charge in [0.15, 0.2) is 0 Å². The molecule has 0 unspecified atom stereocenters. The molecule has 1 N–H and O–H groups in total. The molecule has 1 heterocycles. The molecule has 0 aliphatic carbocycles. The van der Waals surface area contributed by atoms with Gasteiger partial charge in [0, 0.05) is 37.7 Å². The summed E-state index contributed by atoms with van der Waals surface area (Å²) in [6, 6.07) is 4.27. The summed E-state index contributed by atoms with van der Waals surface area (Å²) in [4.78, 5) is 12.5. The summed E-state index contributed by atoms with van der Waals surface area (Å²) in [5.41, 5.74) is 0.170. The highest BCUT2D eigenvalue weighted by Crippen LogP contribution is 2.24. The summed E-state index contributed by atoms with van der Waals surface area (Å²) in [5.74, 6) is 1.17. The van der Waals surface area contributed by atoms with Crippen LogP contribution in [0.2, 0.25) is 5.02 Å². The first-order valence-corrected chi connectivity index (χ1v) is 11.6. The number of thioether (sulfide) groups is 1. The van der Waals surface area contributed by atoms with Crippen molar-refractivity contribution in [2.45, 2.75) is 31.3 Å². The van der Waals surface area contributed by atoms with Crippen LogP contribution in [-0.2, 0) is 14.8 Å². The average molecular weight is 421 g/mol. The molecule has 0 radical (unpaired) electrons. The van der Waals surface area contributed by atoms with Gasteiger partial charge in [0.25, 0.3) is 5.91 Å². The van der Waals surface area contributed by atoms with E-state index >= 15 is 0 Å². The van der Waals surface area contributed by atoms with Crippen LogP contribution in [0.15, 0.2) is 23.1 Å². The Bertz CT molecular complexity index is 719. The topological polar surface area (TPSA) is 75.7 Å². The van der Waals surface area contributed by atoms with Gasteiger partial charge in [-0.25, -0.2) is 8.42 Å². The number of carbonyl (C=O) groups excluding carboxylic acids is 1. The molecule has 9 heteroatoms. The zero-order valence-electron chi connectivity index (χ0n) is 15.0. The first kappa shape index (κ1) is 21.5. The molecule has 0 saturated carbocycles. The predicted molar refractivity (Wildman–Crippen MR) is 106 cm³/mol. The van der Waals surface area contributed by atoms with Crippen LogP contribution in [0, 0.1) is 0 Å². The fourth-order valence-corrected chi connectivity index (χ4v) is 5.27. The second-order valence-electron chi connectivity index (χ2n) is 6.19. The molecule has 1 aromatic rings. The van der Waals surface area contributed by atoms with E-state index in [4.69, 9.17) is 16.3 Å². The Kier molecular flexibility index (Phi) is 8.22. The lowest BCUT2D eigenvalue weighted by Gasteiger charge is -2.25. The normalized spacial score (nSPS) is 16.0. The summed E-state index contributed by atoms with van der Waals surface area (Å²) in [5, 5.41) is 2.99. The van der Waals surface area contributed by atoms with E-state index in [0.29, 0.717) is 32.7 Å². The van der Waals surface area contributed by atoms with Gasteiger partial charge in [0.05, 0.1) is 21.6 Å². The van der Waals surface area contributed by atoms with Crippen LogP contribution in [0.3, 0.4) is 0 Å². The SMILES string of the molecule is CC(C)OCCCNC(=O)c1cc(S(=O)(=O)N2CCSCC2)ccc1Cl. The molecule has 0 spiro atoms. The van der Waals surface area contributed by atoms with E-state index in [1.807, 2.05) is 13.8 Å². The Morgan fingerprint density at radius 3 is 2.69 bits per heavy atom. The smallest absolute Gasteiger partial charge is 0.252 e. The van der Waals surface area contributed by atoms with E-state index in [1.54, 1.807) is 11.8 Å². The summed E-state index contributed by atoms with van der Waals surface area (Å²) in [6.07, 6.45) is 0.820. The number of halogens is 1. The van der Waals surface area contributed by atoms with Gasteiger partial charge in [-0.2, -0.15) is 16.1 Å². The van der Waals surface area contributed by atoms with Crippen molar-refractivity contribution in [3.63, 3.8) is 0 Å². The van der Waals surface area contributed by atoms with Gasteiger partial charge in [-0.15, -0.1) is 0 Å². The fourth-order valence-electron chi connectivity index (χ4n) is 2.46. The molecule has 1 saturated heterocycles. The number of ether oxygens (including phenoxy) is 1. The lowest BCUT2D eigenvalue weighted by molar-refractivity contribution is 0.0757. The Balaban J connectivity index is 2.05. The lowest BCUT2D eigenvalue weighted by Crippen LogP contribution is -2.38. The summed E-state index contributed by atoms with van der Waals surface area (Å²) < 4.78 is 32.4. The average Bonchev–Trinajstić information content (AvgIpc) is 2.62. The number of benzene rings is 1. The Morgan fingerprint density at radius 1 is 1.35 bits per heavy atom. The van der Waals surface area contributed by atoms with Crippen molar-refractivity contribution in [2.75, 3.05) is 37.7 Å². The second kappa shape index (κ2) is 9.94. The molecule has 1 aromatic carbocycles. The third-order valence-electron chi connectivity index (χ3n) is 3.85. The number of hydrogen-bond acceptors (Lipinski definition) is 5. The number of rotatable bonds is 8. The Hall–Kier alpha value is -0.800. The van der Waals surface area contributed by atoms with Crippen molar-refractivity contribution in [3.8, 4) is 0 Å². The van der Waals surface area contributed by atoms with E-state index in [1.165, 1.54) is 22.5 Å². The maximum atomic E-state index is 12.8. The van der Waals surface area contributed by atoms with Gasteiger partial charge in [-0.3, -0.25) is 4.79 Å². The van der Waals surface area contributed by atoms with Crippen molar-refractivity contribution in [3.05, 3.63) is 28.8 Å². The maximum Gasteiger partial charge on any atom is 0.252 e. The van der Waals surface area contributed by atoms with E-state index in [-0.39, 0.29) is 27.5 Å². The number of nitrogens with one attached hydrogen (secondary N) is 1. The zero-order chi connectivity index (χ0) is 19.2. The summed E-state index contributed by atoms with van der Waals surface area (Å²) >= 11 is 7.84. The number of hydrogen-bond donors (Lipinski definition) is 1. The first-order valence-electron chi connectivity index (χ1n) is 8.59. The van der Waals surface area contributed by atoms with Crippen LogP contribution in [0.25, 0.3) is 0 Å². The molecule has 26 heavy (non-hydrogen) atoms. The van der Waals surface area contributed by atoms with Gasteiger partial charge in [0.2, 0.25) is 10.0 Å². The molecule has 0 atom stereocenters. The minimum absolute atomic E-state index is 0.0992. The fraction of sp³-hybridized carbons (Fsp3) is 0.588. The van der Waals surface area contributed by atoms with Gasteiger partial charge in [-0.1, -0.05) is 11.6 Å². The zero-order valence-corrected chi connectivity index (χ0v) is 17.4. The molecule has 2 rings (SSSR count). The molecule has 1 aliphatic rings. The highest BCUT2D eigenvalue weighted by molar-refractivity contribution is 7.99. The largest absolute Gasteiger partial charge is 0.379 e. The van der Waals surface area contributed by atoms with Crippen LogP contribution in [0.5, 0.6) is 0 Å². The third-order valence-corrected chi connectivity index (χ3v) is 7.01. The van der Waals surface area contributed by atoms with Crippen molar-refractivity contribution in [2.24, 2.45) is 0 Å². The number of carbonyl (C=O) groups is 1. The quantitative estimate of drug-likeness (QED) is 0.654. The second-order valence-corrected chi connectivity index (χ2v) is 9.76. The maximum absolute atomic E-state index is 12.8. The van der Waals surface area contributed by atoms with E-state index < -0.39 is 10.0 Å². The van der Waals surface area contributed by atoms with Crippen molar-refractivity contribution in [1.29, 1.82) is 0 Å². The molecule has 1 amide bonds. The van der Waals surface area contributed by atoms with Crippen molar-refractivity contribution >= 4 is 39.3 Å². The van der Waals surface area contributed by atoms with Gasteiger partial charge < -0.3 is 10.1 Å². The number of amides is 1. The third kappa shape index (κ3) is 5.85. The highest BCUT2D eigenvalue weighted by Gasteiger charge is 2.27. The minimum atomic E-state index is -3.61. The predicted octanol–water partition coefficient (Wildman–Crippen LogP) is 2.62. The molecule has 1 aliphatic heterocycles. The molecule has 1 fully saturated rings.